The highest BCUT2D eigenvalue weighted by atomic mass is 16.5. The zero-order chi connectivity index (χ0) is 14.5. The molecule has 8 heteroatoms. The Morgan fingerprint density at radius 3 is 3.00 bits per heavy atom. The van der Waals surface area contributed by atoms with Crippen LogP contribution in [0.3, 0.4) is 0 Å². The number of carbonyl (C=O) groups is 2. The molecule has 1 saturated carbocycles. The first-order chi connectivity index (χ1) is 9.58. The van der Waals surface area contributed by atoms with Gasteiger partial charge in [0.05, 0.1) is 7.11 Å². The number of aromatic amines is 1. The van der Waals surface area contributed by atoms with Crippen molar-refractivity contribution in [2.24, 2.45) is 11.7 Å². The van der Waals surface area contributed by atoms with Crippen molar-refractivity contribution in [3.63, 3.8) is 0 Å². The summed E-state index contributed by atoms with van der Waals surface area (Å²) in [5.74, 6) is -0.108. The maximum atomic E-state index is 12.0. The second-order valence-corrected chi connectivity index (χ2v) is 4.97. The van der Waals surface area contributed by atoms with Crippen LogP contribution in [0, 0.1) is 5.92 Å². The molecule has 0 radical (unpaired) electrons. The maximum Gasteiger partial charge on any atom is 0.313 e. The fourth-order valence-corrected chi connectivity index (χ4v) is 2.32. The number of rotatable bonds is 4. The molecule has 1 amide bonds. The lowest BCUT2D eigenvalue weighted by Gasteiger charge is -2.25. The first-order valence-electron chi connectivity index (χ1n) is 6.63. The number of nitrogens with one attached hydrogen (secondary N) is 2. The molecule has 0 aromatic carbocycles. The molecule has 1 aliphatic carbocycles. The Hall–Kier alpha value is -1.96. The predicted octanol–water partition coefficient (Wildman–Crippen LogP) is -0.0238. The minimum Gasteiger partial charge on any atom is -0.469 e. The number of ether oxygens (including phenoxy) is 1. The minimum atomic E-state index is -0.419. The summed E-state index contributed by atoms with van der Waals surface area (Å²) >= 11 is 0. The Morgan fingerprint density at radius 2 is 2.30 bits per heavy atom. The molecular weight excluding hydrogens is 262 g/mol. The van der Waals surface area contributed by atoms with E-state index in [1.54, 1.807) is 0 Å². The monoisotopic (exact) mass is 281 g/mol. The molecule has 1 heterocycles. The number of H-pyrrole nitrogens is 1. The lowest BCUT2D eigenvalue weighted by molar-refractivity contribution is -0.139. The second-order valence-electron chi connectivity index (χ2n) is 4.97. The van der Waals surface area contributed by atoms with Gasteiger partial charge in [-0.2, -0.15) is 4.98 Å². The number of nitrogens with zero attached hydrogens (tertiary/aromatic N) is 2. The topological polar surface area (TPSA) is 123 Å². The van der Waals surface area contributed by atoms with E-state index in [1.807, 2.05) is 0 Å². The predicted molar refractivity (Wildman–Crippen MR) is 70.7 cm³/mol. The lowest BCUT2D eigenvalue weighted by Crippen LogP contribution is -2.34. The van der Waals surface area contributed by atoms with Crippen molar-refractivity contribution >= 4 is 17.8 Å². The number of nitrogens with two attached hydrogens (primary N) is 1. The number of esters is 1. The zero-order valence-corrected chi connectivity index (χ0v) is 11.4. The summed E-state index contributed by atoms with van der Waals surface area (Å²) in [5.41, 5.74) is 5.86. The van der Waals surface area contributed by atoms with Gasteiger partial charge < -0.3 is 10.5 Å². The van der Waals surface area contributed by atoms with E-state index < -0.39 is 5.97 Å². The fraction of sp³-hybridized carbons (Fsp3) is 0.667. The van der Waals surface area contributed by atoms with Crippen LogP contribution in [-0.4, -0.2) is 40.2 Å². The average Bonchev–Trinajstić information content (AvgIpc) is 2.85. The lowest BCUT2D eigenvalue weighted by atomic mass is 9.85. The van der Waals surface area contributed by atoms with Crippen molar-refractivity contribution in [3.05, 3.63) is 5.82 Å². The second kappa shape index (κ2) is 6.47. The summed E-state index contributed by atoms with van der Waals surface area (Å²) < 4.78 is 4.52. The molecule has 2 rings (SSSR count). The number of methoxy groups -OCH3 is 1. The van der Waals surface area contributed by atoms with Gasteiger partial charge in [0.2, 0.25) is 11.9 Å². The van der Waals surface area contributed by atoms with Gasteiger partial charge in [-0.1, -0.05) is 6.42 Å². The summed E-state index contributed by atoms with van der Waals surface area (Å²) in [7, 11) is 1.30. The van der Waals surface area contributed by atoms with E-state index in [2.05, 4.69) is 25.2 Å². The summed E-state index contributed by atoms with van der Waals surface area (Å²) in [5, 5.41) is 9.08. The summed E-state index contributed by atoms with van der Waals surface area (Å²) in [6, 6.07) is 0.0847. The normalized spacial score (nSPS) is 22.3. The Morgan fingerprint density at radius 1 is 1.50 bits per heavy atom. The van der Waals surface area contributed by atoms with Crippen LogP contribution in [0.5, 0.6) is 0 Å². The summed E-state index contributed by atoms with van der Waals surface area (Å²) in [6.07, 6.45) is 3.44. The molecule has 2 atom stereocenters. The van der Waals surface area contributed by atoms with Crippen molar-refractivity contribution < 1.29 is 14.3 Å². The third kappa shape index (κ3) is 3.77. The summed E-state index contributed by atoms with van der Waals surface area (Å²) in [6.45, 7) is 0. The number of carbonyl (C=O) groups excluding carboxylic acids is 2. The van der Waals surface area contributed by atoms with Gasteiger partial charge in [-0.15, -0.1) is 5.10 Å². The zero-order valence-electron chi connectivity index (χ0n) is 11.4. The largest absolute Gasteiger partial charge is 0.469 e. The molecule has 8 nitrogen and oxygen atoms in total. The number of aromatic nitrogens is 3. The standard InChI is InChI=1S/C12H19N5O3/c1-20-10(18)6-9-14-12(17-16-9)15-11(19)7-3-2-4-8(13)5-7/h7-8H,2-6,13H2,1H3,(H2,14,15,16,17,19). The van der Waals surface area contributed by atoms with E-state index >= 15 is 0 Å². The van der Waals surface area contributed by atoms with E-state index in [-0.39, 0.29) is 30.2 Å². The Labute approximate surface area is 116 Å². The van der Waals surface area contributed by atoms with E-state index in [1.165, 1.54) is 7.11 Å². The number of hydrogen-bond donors (Lipinski definition) is 3. The molecule has 0 spiro atoms. The van der Waals surface area contributed by atoms with Gasteiger partial charge in [0.15, 0.2) is 0 Å². The number of amides is 1. The minimum absolute atomic E-state index is 0.00628. The highest BCUT2D eigenvalue weighted by molar-refractivity contribution is 5.91. The van der Waals surface area contributed by atoms with Gasteiger partial charge in [0, 0.05) is 12.0 Å². The molecule has 0 aliphatic heterocycles. The van der Waals surface area contributed by atoms with Crippen molar-refractivity contribution in [1.82, 2.24) is 15.2 Å². The quantitative estimate of drug-likeness (QED) is 0.666. The fourth-order valence-electron chi connectivity index (χ4n) is 2.32. The van der Waals surface area contributed by atoms with Crippen LogP contribution in [0.15, 0.2) is 0 Å². The molecule has 20 heavy (non-hydrogen) atoms. The van der Waals surface area contributed by atoms with Crippen LogP contribution in [0.2, 0.25) is 0 Å². The molecule has 1 aliphatic rings. The van der Waals surface area contributed by atoms with E-state index in [0.29, 0.717) is 12.2 Å². The molecule has 1 aromatic rings. The van der Waals surface area contributed by atoms with Gasteiger partial charge in [-0.3, -0.25) is 20.0 Å². The molecule has 0 saturated heterocycles. The van der Waals surface area contributed by atoms with Crippen LogP contribution in [0.25, 0.3) is 0 Å². The molecule has 1 fully saturated rings. The third-order valence-electron chi connectivity index (χ3n) is 3.39. The van der Waals surface area contributed by atoms with Gasteiger partial charge in [0.25, 0.3) is 0 Å². The van der Waals surface area contributed by atoms with Crippen LogP contribution < -0.4 is 11.1 Å². The molecule has 1 aromatic heterocycles. The van der Waals surface area contributed by atoms with Crippen molar-refractivity contribution in [3.8, 4) is 0 Å². The first kappa shape index (κ1) is 14.4. The van der Waals surface area contributed by atoms with Gasteiger partial charge in [-0.05, 0) is 19.3 Å². The van der Waals surface area contributed by atoms with Crippen LogP contribution in [0.1, 0.15) is 31.5 Å². The SMILES string of the molecule is COC(=O)Cc1nc(NC(=O)C2CCCC(N)C2)n[nH]1. The molecule has 0 bridgehead atoms. The highest BCUT2D eigenvalue weighted by Crippen LogP contribution is 2.23. The molecular formula is C12H19N5O3. The molecule has 4 N–H and O–H groups in total. The molecule has 2 unspecified atom stereocenters. The van der Waals surface area contributed by atoms with E-state index in [0.717, 1.165) is 19.3 Å². The van der Waals surface area contributed by atoms with Gasteiger partial charge >= 0.3 is 5.97 Å². The highest BCUT2D eigenvalue weighted by Gasteiger charge is 2.26. The van der Waals surface area contributed by atoms with Crippen molar-refractivity contribution in [2.75, 3.05) is 12.4 Å². The van der Waals surface area contributed by atoms with Crippen molar-refractivity contribution in [1.29, 1.82) is 0 Å². The maximum absolute atomic E-state index is 12.0. The molecule has 110 valence electrons. The smallest absolute Gasteiger partial charge is 0.313 e. The first-order valence-corrected chi connectivity index (χ1v) is 6.63. The van der Waals surface area contributed by atoms with E-state index in [9.17, 15) is 9.59 Å². The van der Waals surface area contributed by atoms with Crippen LogP contribution in [0.4, 0.5) is 5.95 Å². The Kier molecular flexibility index (Phi) is 4.67. The van der Waals surface area contributed by atoms with Crippen LogP contribution in [-0.2, 0) is 20.7 Å². The number of hydrogen-bond acceptors (Lipinski definition) is 6. The Bertz CT molecular complexity index is 487. The number of anilines is 1. The average molecular weight is 281 g/mol. The summed E-state index contributed by atoms with van der Waals surface area (Å²) in [4.78, 5) is 27.2. The van der Waals surface area contributed by atoms with Crippen molar-refractivity contribution in [2.45, 2.75) is 38.1 Å². The van der Waals surface area contributed by atoms with Crippen LogP contribution >= 0.6 is 0 Å². The third-order valence-corrected chi connectivity index (χ3v) is 3.39. The Balaban J connectivity index is 1.89. The van der Waals surface area contributed by atoms with Gasteiger partial charge in [-0.25, -0.2) is 0 Å². The van der Waals surface area contributed by atoms with Gasteiger partial charge in [0.1, 0.15) is 12.2 Å². The van der Waals surface area contributed by atoms with E-state index in [4.69, 9.17) is 5.73 Å².